The Morgan fingerprint density at radius 2 is 2.33 bits per heavy atom. The summed E-state index contributed by atoms with van der Waals surface area (Å²) in [6, 6.07) is 3.38. The maximum absolute atomic E-state index is 9.53. The molecule has 0 bridgehead atoms. The van der Waals surface area contributed by atoms with Crippen molar-refractivity contribution in [1.82, 2.24) is 5.32 Å². The van der Waals surface area contributed by atoms with Crippen molar-refractivity contribution in [3.8, 4) is 11.5 Å². The third kappa shape index (κ3) is 2.03. The Morgan fingerprint density at radius 1 is 1.53 bits per heavy atom. The van der Waals surface area contributed by atoms with Crippen LogP contribution in [0, 0.1) is 0 Å². The monoisotopic (exact) mass is 227 g/mol. The molecule has 2 N–H and O–H groups in total. The maximum Gasteiger partial charge on any atom is 0.160 e. The van der Waals surface area contributed by atoms with Gasteiger partial charge in [-0.05, 0) is 30.5 Å². The van der Waals surface area contributed by atoms with Gasteiger partial charge >= 0.3 is 0 Å². The number of phenols is 1. The van der Waals surface area contributed by atoms with Crippen LogP contribution in [0.1, 0.15) is 17.9 Å². The number of phenolic OH excluding ortho intramolecular Hbond substituents is 1. The summed E-state index contributed by atoms with van der Waals surface area (Å²) in [7, 11) is 1.54. The van der Waals surface area contributed by atoms with Crippen molar-refractivity contribution in [3.05, 3.63) is 22.7 Å². The van der Waals surface area contributed by atoms with Crippen LogP contribution in [0.15, 0.2) is 12.1 Å². The Balaban J connectivity index is 2.37. The molecule has 1 saturated heterocycles. The van der Waals surface area contributed by atoms with Crippen molar-refractivity contribution in [1.29, 1.82) is 0 Å². The molecule has 3 nitrogen and oxygen atoms in total. The highest BCUT2D eigenvalue weighted by Crippen LogP contribution is 2.37. The van der Waals surface area contributed by atoms with Crippen LogP contribution in [0.25, 0.3) is 0 Å². The van der Waals surface area contributed by atoms with Gasteiger partial charge in [0.25, 0.3) is 0 Å². The summed E-state index contributed by atoms with van der Waals surface area (Å²) in [5.74, 6) is 1.01. The number of halogens is 1. The summed E-state index contributed by atoms with van der Waals surface area (Å²) in [6.07, 6.45) is 1.08. The van der Waals surface area contributed by atoms with Crippen LogP contribution in [0.2, 0.25) is 5.02 Å². The largest absolute Gasteiger partial charge is 0.504 e. The van der Waals surface area contributed by atoms with Crippen LogP contribution in [-0.2, 0) is 0 Å². The second kappa shape index (κ2) is 4.29. The normalized spacial score (nSPS) is 20.5. The number of aromatic hydroxyl groups is 1. The van der Waals surface area contributed by atoms with Gasteiger partial charge in [0.2, 0.25) is 0 Å². The fourth-order valence-corrected chi connectivity index (χ4v) is 2.27. The molecule has 0 aliphatic carbocycles. The zero-order valence-electron chi connectivity index (χ0n) is 8.59. The van der Waals surface area contributed by atoms with Crippen LogP contribution < -0.4 is 10.1 Å². The van der Waals surface area contributed by atoms with E-state index < -0.39 is 0 Å². The molecule has 1 unspecified atom stereocenters. The molecule has 0 radical (unpaired) electrons. The van der Waals surface area contributed by atoms with E-state index in [0.29, 0.717) is 16.7 Å². The molecule has 82 valence electrons. The molecular weight excluding hydrogens is 214 g/mol. The highest BCUT2D eigenvalue weighted by Gasteiger charge is 2.20. The summed E-state index contributed by atoms with van der Waals surface area (Å²) < 4.78 is 5.07. The van der Waals surface area contributed by atoms with E-state index in [4.69, 9.17) is 16.3 Å². The van der Waals surface area contributed by atoms with Crippen LogP contribution >= 0.6 is 11.6 Å². The second-order valence-electron chi connectivity index (χ2n) is 3.74. The lowest BCUT2D eigenvalue weighted by atomic mass is 9.98. The minimum atomic E-state index is 0.0946. The molecule has 1 heterocycles. The fourth-order valence-electron chi connectivity index (χ4n) is 1.96. The first kappa shape index (κ1) is 10.6. The van der Waals surface area contributed by atoms with E-state index >= 15 is 0 Å². The van der Waals surface area contributed by atoms with Gasteiger partial charge in [0, 0.05) is 17.6 Å². The number of ether oxygens (including phenoxy) is 1. The first-order chi connectivity index (χ1) is 7.22. The first-order valence-electron chi connectivity index (χ1n) is 4.99. The zero-order valence-corrected chi connectivity index (χ0v) is 9.34. The van der Waals surface area contributed by atoms with Gasteiger partial charge < -0.3 is 15.2 Å². The van der Waals surface area contributed by atoms with Gasteiger partial charge in [-0.2, -0.15) is 0 Å². The Morgan fingerprint density at radius 3 is 2.93 bits per heavy atom. The molecule has 1 fully saturated rings. The number of methoxy groups -OCH3 is 1. The van der Waals surface area contributed by atoms with E-state index in [1.54, 1.807) is 13.2 Å². The van der Waals surface area contributed by atoms with Crippen molar-refractivity contribution in [2.75, 3.05) is 20.2 Å². The van der Waals surface area contributed by atoms with Crippen LogP contribution in [0.3, 0.4) is 0 Å². The van der Waals surface area contributed by atoms with Crippen molar-refractivity contribution in [2.45, 2.75) is 12.3 Å². The molecule has 0 saturated carbocycles. The summed E-state index contributed by atoms with van der Waals surface area (Å²) in [5, 5.41) is 13.4. The number of hydrogen-bond donors (Lipinski definition) is 2. The molecule has 1 aromatic carbocycles. The van der Waals surface area contributed by atoms with Gasteiger partial charge in [-0.3, -0.25) is 0 Å². The lowest BCUT2D eigenvalue weighted by molar-refractivity contribution is 0.372. The van der Waals surface area contributed by atoms with E-state index in [0.717, 1.165) is 25.1 Å². The molecule has 1 aromatic rings. The van der Waals surface area contributed by atoms with Crippen molar-refractivity contribution < 1.29 is 9.84 Å². The Kier molecular flexibility index (Phi) is 3.03. The van der Waals surface area contributed by atoms with Gasteiger partial charge in [-0.1, -0.05) is 11.6 Å². The van der Waals surface area contributed by atoms with Crippen LogP contribution in [-0.4, -0.2) is 25.3 Å². The van der Waals surface area contributed by atoms with Gasteiger partial charge in [-0.25, -0.2) is 0 Å². The summed E-state index contributed by atoms with van der Waals surface area (Å²) in [4.78, 5) is 0. The molecule has 1 aliphatic heterocycles. The van der Waals surface area contributed by atoms with Crippen molar-refractivity contribution in [2.24, 2.45) is 0 Å². The average Bonchev–Trinajstić information content (AvgIpc) is 2.71. The highest BCUT2D eigenvalue weighted by molar-refractivity contribution is 6.31. The smallest absolute Gasteiger partial charge is 0.160 e. The highest BCUT2D eigenvalue weighted by atomic mass is 35.5. The summed E-state index contributed by atoms with van der Waals surface area (Å²) in [5.41, 5.74) is 1.05. The van der Waals surface area contributed by atoms with Crippen LogP contribution in [0.4, 0.5) is 0 Å². The number of rotatable bonds is 2. The van der Waals surface area contributed by atoms with E-state index in [2.05, 4.69) is 5.32 Å². The van der Waals surface area contributed by atoms with Gasteiger partial charge in [0.05, 0.1) is 7.11 Å². The number of nitrogens with one attached hydrogen (secondary N) is 1. The summed E-state index contributed by atoms with van der Waals surface area (Å²) in [6.45, 7) is 1.96. The first-order valence-corrected chi connectivity index (χ1v) is 5.37. The molecule has 1 atom stereocenters. The Bertz CT molecular complexity index is 362. The molecule has 0 aromatic heterocycles. The molecule has 15 heavy (non-hydrogen) atoms. The standard InChI is InChI=1S/C11H14ClNO2/c1-15-11-4-8(7-2-3-13-6-7)9(12)5-10(11)14/h4-5,7,13-14H,2-3,6H2,1H3. The SMILES string of the molecule is COc1cc(C2CCNC2)c(Cl)cc1O. The zero-order chi connectivity index (χ0) is 10.8. The lowest BCUT2D eigenvalue weighted by Crippen LogP contribution is -2.08. The maximum atomic E-state index is 9.53. The minimum Gasteiger partial charge on any atom is -0.504 e. The molecule has 4 heteroatoms. The van der Waals surface area contributed by atoms with E-state index in [9.17, 15) is 5.11 Å². The molecule has 0 amide bonds. The molecule has 0 spiro atoms. The van der Waals surface area contributed by atoms with Crippen molar-refractivity contribution in [3.63, 3.8) is 0 Å². The third-order valence-corrected chi connectivity index (χ3v) is 3.13. The second-order valence-corrected chi connectivity index (χ2v) is 4.14. The molecular formula is C11H14ClNO2. The van der Waals surface area contributed by atoms with Crippen LogP contribution in [0.5, 0.6) is 11.5 Å². The van der Waals surface area contributed by atoms with Gasteiger partial charge in [0.1, 0.15) is 0 Å². The molecule has 2 rings (SSSR count). The van der Waals surface area contributed by atoms with E-state index in [-0.39, 0.29) is 5.75 Å². The van der Waals surface area contributed by atoms with E-state index in [1.165, 1.54) is 0 Å². The van der Waals surface area contributed by atoms with Gasteiger partial charge in [-0.15, -0.1) is 0 Å². The lowest BCUT2D eigenvalue weighted by Gasteiger charge is -2.13. The van der Waals surface area contributed by atoms with E-state index in [1.807, 2.05) is 6.07 Å². The number of benzene rings is 1. The quantitative estimate of drug-likeness (QED) is 0.814. The Labute approximate surface area is 94.0 Å². The third-order valence-electron chi connectivity index (χ3n) is 2.80. The fraction of sp³-hybridized carbons (Fsp3) is 0.455. The Hall–Kier alpha value is -0.930. The topological polar surface area (TPSA) is 41.5 Å². The predicted molar refractivity (Wildman–Crippen MR) is 59.9 cm³/mol. The predicted octanol–water partition coefficient (Wildman–Crippen LogP) is 2.13. The van der Waals surface area contributed by atoms with Crippen molar-refractivity contribution >= 4 is 11.6 Å². The summed E-state index contributed by atoms with van der Waals surface area (Å²) >= 11 is 6.10. The van der Waals surface area contributed by atoms with Gasteiger partial charge in [0.15, 0.2) is 11.5 Å². The minimum absolute atomic E-state index is 0.0946. The average molecular weight is 228 g/mol. The number of hydrogen-bond acceptors (Lipinski definition) is 3. The molecule has 1 aliphatic rings.